The number of anilines is 1. The van der Waals surface area contributed by atoms with Gasteiger partial charge < -0.3 is 4.90 Å². The lowest BCUT2D eigenvalue weighted by Gasteiger charge is -2.18. The van der Waals surface area contributed by atoms with E-state index in [0.29, 0.717) is 10.2 Å². The smallest absolute Gasteiger partial charge is 0.299 e. The van der Waals surface area contributed by atoms with Crippen molar-refractivity contribution in [2.45, 2.75) is 36.4 Å². The Morgan fingerprint density at radius 2 is 1.70 bits per heavy atom. The largest absolute Gasteiger partial charge is 0.341 e. The molecule has 0 amide bonds. The van der Waals surface area contributed by atoms with E-state index in [-0.39, 0.29) is 5.65 Å². The van der Waals surface area contributed by atoms with Crippen LogP contribution in [0.2, 0.25) is 0 Å². The molecular weight excluding hydrogens is 410 g/mol. The molecule has 0 saturated carbocycles. The van der Waals surface area contributed by atoms with Gasteiger partial charge in [-0.3, -0.25) is 4.57 Å². The molecule has 1 aliphatic heterocycles. The zero-order chi connectivity index (χ0) is 20.7. The summed E-state index contributed by atoms with van der Waals surface area (Å²) in [5.41, 5.74) is 2.36. The maximum absolute atomic E-state index is 13.2. The van der Waals surface area contributed by atoms with Crippen molar-refractivity contribution in [2.75, 3.05) is 18.0 Å². The lowest BCUT2D eigenvalue weighted by molar-refractivity contribution is 0.137. The standard InChI is InChI=1S/C19H18F2N8S/c1-12-4-6-13(7-5-12)28-18(27-10-2-3-11-27)24-25-19(28)30-15-9-8-14-22-23-17(16(20)21)29(14)26-15/h4-9,16H,2-3,10-11H2,1H3. The van der Waals surface area contributed by atoms with Gasteiger partial charge in [-0.2, -0.15) is 9.61 Å². The number of aryl methyl sites for hydroxylation is 1. The average Bonchev–Trinajstić information content (AvgIpc) is 3.48. The molecular formula is C19H18F2N8S. The maximum atomic E-state index is 13.2. The first-order valence-corrected chi connectivity index (χ1v) is 10.4. The zero-order valence-electron chi connectivity index (χ0n) is 16.1. The molecule has 0 radical (unpaired) electrons. The van der Waals surface area contributed by atoms with Gasteiger partial charge in [-0.1, -0.05) is 17.7 Å². The van der Waals surface area contributed by atoms with Gasteiger partial charge in [0.1, 0.15) is 5.03 Å². The number of halogens is 2. The summed E-state index contributed by atoms with van der Waals surface area (Å²) in [6, 6.07) is 11.4. The molecule has 1 saturated heterocycles. The van der Waals surface area contributed by atoms with Crippen molar-refractivity contribution in [1.29, 1.82) is 0 Å². The van der Waals surface area contributed by atoms with E-state index in [1.165, 1.54) is 11.8 Å². The van der Waals surface area contributed by atoms with Gasteiger partial charge >= 0.3 is 0 Å². The minimum atomic E-state index is -2.76. The van der Waals surface area contributed by atoms with Gasteiger partial charge in [-0.05, 0) is 55.8 Å². The minimum Gasteiger partial charge on any atom is -0.341 e. The zero-order valence-corrected chi connectivity index (χ0v) is 16.9. The third-order valence-electron chi connectivity index (χ3n) is 4.95. The quantitative estimate of drug-likeness (QED) is 0.480. The molecule has 0 spiro atoms. The first-order chi connectivity index (χ1) is 14.6. The van der Waals surface area contributed by atoms with Crippen LogP contribution in [0.25, 0.3) is 11.3 Å². The van der Waals surface area contributed by atoms with Crippen LogP contribution < -0.4 is 4.90 Å². The van der Waals surface area contributed by atoms with E-state index in [1.54, 1.807) is 12.1 Å². The third-order valence-corrected chi connectivity index (χ3v) is 5.82. The molecule has 1 fully saturated rings. The predicted octanol–water partition coefficient (Wildman–Crippen LogP) is 3.70. The van der Waals surface area contributed by atoms with Gasteiger partial charge in [-0.15, -0.1) is 20.4 Å². The van der Waals surface area contributed by atoms with Gasteiger partial charge in [0.25, 0.3) is 6.43 Å². The fourth-order valence-electron chi connectivity index (χ4n) is 3.44. The summed E-state index contributed by atoms with van der Waals surface area (Å²) in [6.07, 6.45) is -0.525. The Hall–Kier alpha value is -3.08. The molecule has 4 heterocycles. The third kappa shape index (κ3) is 3.38. The molecule has 3 aromatic heterocycles. The van der Waals surface area contributed by atoms with E-state index in [2.05, 4.69) is 30.4 Å². The summed E-state index contributed by atoms with van der Waals surface area (Å²) in [5, 5.41) is 21.5. The Balaban J connectivity index is 1.56. The lowest BCUT2D eigenvalue weighted by Crippen LogP contribution is -2.22. The second-order valence-electron chi connectivity index (χ2n) is 7.05. The first-order valence-electron chi connectivity index (χ1n) is 9.56. The summed E-state index contributed by atoms with van der Waals surface area (Å²) in [7, 11) is 0. The molecule has 30 heavy (non-hydrogen) atoms. The topological polar surface area (TPSA) is 77.0 Å². The van der Waals surface area contributed by atoms with E-state index in [9.17, 15) is 8.78 Å². The highest BCUT2D eigenvalue weighted by Crippen LogP contribution is 2.32. The number of hydrogen-bond acceptors (Lipinski definition) is 7. The van der Waals surface area contributed by atoms with Crippen LogP contribution >= 0.6 is 11.8 Å². The second kappa shape index (κ2) is 7.63. The van der Waals surface area contributed by atoms with Crippen LogP contribution in [-0.4, -0.2) is 47.7 Å². The number of rotatable bonds is 5. The number of aromatic nitrogens is 7. The molecule has 0 aliphatic carbocycles. The van der Waals surface area contributed by atoms with Crippen LogP contribution in [0, 0.1) is 6.92 Å². The Labute approximate surface area is 174 Å². The fraction of sp³-hybridized carbons (Fsp3) is 0.316. The summed E-state index contributed by atoms with van der Waals surface area (Å²) >= 11 is 1.26. The molecule has 0 bridgehead atoms. The van der Waals surface area contributed by atoms with Gasteiger partial charge in [0.15, 0.2) is 5.65 Å². The Kier molecular flexibility index (Phi) is 4.81. The molecule has 0 atom stereocenters. The van der Waals surface area contributed by atoms with Gasteiger partial charge in [-0.25, -0.2) is 8.78 Å². The highest BCUT2D eigenvalue weighted by molar-refractivity contribution is 7.99. The van der Waals surface area contributed by atoms with E-state index < -0.39 is 12.2 Å². The molecule has 154 valence electrons. The lowest BCUT2D eigenvalue weighted by atomic mass is 10.2. The van der Waals surface area contributed by atoms with Gasteiger partial charge in [0.05, 0.1) is 5.69 Å². The summed E-state index contributed by atoms with van der Waals surface area (Å²) in [4.78, 5) is 2.21. The van der Waals surface area contributed by atoms with Crippen molar-refractivity contribution in [3.63, 3.8) is 0 Å². The van der Waals surface area contributed by atoms with Crippen LogP contribution in [0.3, 0.4) is 0 Å². The molecule has 8 nitrogen and oxygen atoms in total. The summed E-state index contributed by atoms with van der Waals surface area (Å²) < 4.78 is 29.4. The molecule has 11 heteroatoms. The van der Waals surface area contributed by atoms with Crippen molar-refractivity contribution in [3.05, 3.63) is 47.8 Å². The Morgan fingerprint density at radius 1 is 0.933 bits per heavy atom. The van der Waals surface area contributed by atoms with E-state index >= 15 is 0 Å². The van der Waals surface area contributed by atoms with E-state index in [1.807, 2.05) is 35.8 Å². The molecule has 0 unspecified atom stereocenters. The molecule has 0 N–H and O–H groups in total. The number of benzene rings is 1. The van der Waals surface area contributed by atoms with Crippen LogP contribution in [0.15, 0.2) is 46.6 Å². The van der Waals surface area contributed by atoms with Crippen molar-refractivity contribution in [2.24, 2.45) is 0 Å². The molecule has 5 rings (SSSR count). The number of hydrogen-bond donors (Lipinski definition) is 0. The maximum Gasteiger partial charge on any atom is 0.299 e. The Bertz CT molecular complexity index is 1180. The van der Waals surface area contributed by atoms with E-state index in [4.69, 9.17) is 0 Å². The molecule has 1 aliphatic rings. The number of fused-ring (bicyclic) bond motifs is 1. The fourth-order valence-corrected chi connectivity index (χ4v) is 4.25. The minimum absolute atomic E-state index is 0.271. The predicted molar refractivity (Wildman–Crippen MR) is 107 cm³/mol. The summed E-state index contributed by atoms with van der Waals surface area (Å²) in [5.74, 6) is 0.294. The Morgan fingerprint density at radius 3 is 2.43 bits per heavy atom. The van der Waals surface area contributed by atoms with E-state index in [0.717, 1.165) is 47.6 Å². The van der Waals surface area contributed by atoms with Crippen molar-refractivity contribution in [1.82, 2.24) is 34.6 Å². The second-order valence-corrected chi connectivity index (χ2v) is 8.04. The van der Waals surface area contributed by atoms with Crippen LogP contribution in [-0.2, 0) is 0 Å². The van der Waals surface area contributed by atoms with Crippen LogP contribution in [0.1, 0.15) is 30.7 Å². The number of nitrogens with zero attached hydrogens (tertiary/aromatic N) is 8. The highest BCUT2D eigenvalue weighted by atomic mass is 32.2. The van der Waals surface area contributed by atoms with Crippen LogP contribution in [0.4, 0.5) is 14.7 Å². The molecule has 1 aromatic carbocycles. The molecule has 4 aromatic rings. The van der Waals surface area contributed by atoms with Crippen molar-refractivity contribution in [3.8, 4) is 5.69 Å². The number of alkyl halides is 2. The first kappa shape index (κ1) is 18.9. The monoisotopic (exact) mass is 428 g/mol. The van der Waals surface area contributed by atoms with Crippen molar-refractivity contribution >= 4 is 23.4 Å². The highest BCUT2D eigenvalue weighted by Gasteiger charge is 2.23. The van der Waals surface area contributed by atoms with Crippen molar-refractivity contribution < 1.29 is 8.78 Å². The average molecular weight is 428 g/mol. The van der Waals surface area contributed by atoms with Gasteiger partial charge in [0.2, 0.25) is 16.9 Å². The normalized spacial score (nSPS) is 14.3. The van der Waals surface area contributed by atoms with Gasteiger partial charge in [0, 0.05) is 13.1 Å². The summed E-state index contributed by atoms with van der Waals surface area (Å²) in [6.45, 7) is 3.89. The van der Waals surface area contributed by atoms with Crippen LogP contribution in [0.5, 0.6) is 0 Å². The SMILES string of the molecule is Cc1ccc(-n2c(Sc3ccc4nnc(C(F)F)n4n3)nnc2N2CCCC2)cc1.